The number of nitrogens with one attached hydrogen (secondary N) is 1. The summed E-state index contributed by atoms with van der Waals surface area (Å²) in [5, 5.41) is 11.0. The van der Waals surface area contributed by atoms with E-state index in [-0.39, 0.29) is 16.5 Å². The smallest absolute Gasteiger partial charge is 0.270 e. The van der Waals surface area contributed by atoms with E-state index in [0.717, 1.165) is 30.2 Å². The van der Waals surface area contributed by atoms with E-state index < -0.39 is 14.9 Å². The molecule has 8 nitrogen and oxygen atoms in total. The second-order valence-corrected chi connectivity index (χ2v) is 8.71. The normalized spacial score (nSPS) is 13.9. The summed E-state index contributed by atoms with van der Waals surface area (Å²) >= 11 is 0. The van der Waals surface area contributed by atoms with E-state index in [1.807, 2.05) is 0 Å². The van der Waals surface area contributed by atoms with Crippen LogP contribution in [0.5, 0.6) is 0 Å². The first-order valence-electron chi connectivity index (χ1n) is 9.44. The highest BCUT2D eigenvalue weighted by Gasteiger charge is 2.25. The summed E-state index contributed by atoms with van der Waals surface area (Å²) in [6.45, 7) is 4.28. The van der Waals surface area contributed by atoms with Crippen molar-refractivity contribution in [2.24, 2.45) is 0 Å². The Morgan fingerprint density at radius 3 is 2.62 bits per heavy atom. The number of fused-ring (bicyclic) bond motifs is 1. The van der Waals surface area contributed by atoms with Gasteiger partial charge in [-0.2, -0.15) is 0 Å². The van der Waals surface area contributed by atoms with Crippen LogP contribution in [-0.2, 0) is 21.2 Å². The Bertz CT molecular complexity index is 1070. The number of amides is 1. The van der Waals surface area contributed by atoms with Crippen molar-refractivity contribution in [3.8, 4) is 0 Å². The number of aryl methyl sites for hydroxylation is 2. The monoisotopic (exact) mass is 417 g/mol. The Morgan fingerprint density at radius 2 is 1.93 bits per heavy atom. The summed E-state index contributed by atoms with van der Waals surface area (Å²) in [4.78, 5) is 24.2. The minimum absolute atomic E-state index is 0.0755. The third-order valence-electron chi connectivity index (χ3n) is 4.94. The van der Waals surface area contributed by atoms with Crippen molar-refractivity contribution in [2.75, 3.05) is 16.2 Å². The number of nitrogens with zero attached hydrogens (tertiary/aromatic N) is 2. The maximum Gasteiger partial charge on any atom is 0.270 e. The number of rotatable bonds is 7. The van der Waals surface area contributed by atoms with Crippen LogP contribution in [0.3, 0.4) is 0 Å². The van der Waals surface area contributed by atoms with Gasteiger partial charge in [0.15, 0.2) is 0 Å². The number of hydrogen-bond donors (Lipinski definition) is 1. The number of carbonyl (C=O) groups is 1. The zero-order valence-corrected chi connectivity index (χ0v) is 17.2. The van der Waals surface area contributed by atoms with Gasteiger partial charge < -0.3 is 4.90 Å². The third-order valence-corrected chi connectivity index (χ3v) is 6.46. The summed E-state index contributed by atoms with van der Waals surface area (Å²) in [5.74, 6) is 0.0755. The number of sulfonamides is 1. The summed E-state index contributed by atoms with van der Waals surface area (Å²) in [6.07, 6.45) is 2.80. The zero-order valence-electron chi connectivity index (χ0n) is 16.3. The molecule has 1 heterocycles. The van der Waals surface area contributed by atoms with Gasteiger partial charge in [-0.3, -0.25) is 19.6 Å². The lowest BCUT2D eigenvalue weighted by Crippen LogP contribution is -2.35. The van der Waals surface area contributed by atoms with Gasteiger partial charge in [-0.15, -0.1) is 0 Å². The van der Waals surface area contributed by atoms with Gasteiger partial charge in [0.05, 0.1) is 9.82 Å². The lowest BCUT2D eigenvalue weighted by atomic mass is 10.00. The van der Waals surface area contributed by atoms with Crippen LogP contribution in [0, 0.1) is 17.0 Å². The van der Waals surface area contributed by atoms with Crippen molar-refractivity contribution in [3.05, 3.63) is 57.6 Å². The molecule has 0 saturated heterocycles. The molecule has 154 valence electrons. The summed E-state index contributed by atoms with van der Waals surface area (Å²) in [5.41, 5.74) is 2.20. The van der Waals surface area contributed by atoms with E-state index in [0.29, 0.717) is 30.6 Å². The molecular formula is C20H23N3O5S. The van der Waals surface area contributed by atoms with Crippen LogP contribution in [0.15, 0.2) is 41.3 Å². The molecule has 0 saturated carbocycles. The molecule has 2 aromatic rings. The van der Waals surface area contributed by atoms with Crippen LogP contribution < -0.4 is 9.62 Å². The highest BCUT2D eigenvalue weighted by Crippen LogP contribution is 2.32. The number of benzene rings is 2. The fourth-order valence-corrected chi connectivity index (χ4v) is 4.70. The topological polar surface area (TPSA) is 110 Å². The van der Waals surface area contributed by atoms with E-state index in [4.69, 9.17) is 0 Å². The predicted molar refractivity (Wildman–Crippen MR) is 111 cm³/mol. The van der Waals surface area contributed by atoms with Crippen LogP contribution in [0.1, 0.15) is 37.3 Å². The first-order chi connectivity index (χ1) is 13.7. The van der Waals surface area contributed by atoms with Crippen molar-refractivity contribution in [1.82, 2.24) is 0 Å². The molecule has 1 amide bonds. The molecule has 0 atom stereocenters. The second kappa shape index (κ2) is 8.20. The van der Waals surface area contributed by atoms with E-state index >= 15 is 0 Å². The van der Waals surface area contributed by atoms with Crippen molar-refractivity contribution >= 4 is 33.0 Å². The van der Waals surface area contributed by atoms with Gasteiger partial charge >= 0.3 is 0 Å². The highest BCUT2D eigenvalue weighted by molar-refractivity contribution is 7.92. The highest BCUT2D eigenvalue weighted by atomic mass is 32.2. The van der Waals surface area contributed by atoms with Crippen molar-refractivity contribution < 1.29 is 18.1 Å². The standard InChI is InChI=1S/C20H23N3O5S/c1-3-4-11-22-18-9-7-16(12-15(18)6-10-20(22)24)21-29(27,28)19-13-17(23(25)26)8-5-14(19)2/h5,7-9,12-13,21H,3-4,6,10-11H2,1-2H3. The molecule has 9 heteroatoms. The average Bonchev–Trinajstić information content (AvgIpc) is 2.67. The number of nitro benzene ring substituents is 1. The van der Waals surface area contributed by atoms with Gasteiger partial charge in [0.1, 0.15) is 0 Å². The van der Waals surface area contributed by atoms with Crippen LogP contribution in [0.25, 0.3) is 0 Å². The molecule has 0 fully saturated rings. The Balaban J connectivity index is 1.90. The van der Waals surface area contributed by atoms with Crippen molar-refractivity contribution in [2.45, 2.75) is 44.4 Å². The number of unbranched alkanes of at least 4 members (excludes halogenated alkanes) is 1. The summed E-state index contributed by atoms with van der Waals surface area (Å²) < 4.78 is 28.2. The molecule has 1 aliphatic heterocycles. The first-order valence-corrected chi connectivity index (χ1v) is 10.9. The molecule has 1 aliphatic rings. The maximum atomic E-state index is 12.8. The molecule has 29 heavy (non-hydrogen) atoms. The number of hydrogen-bond acceptors (Lipinski definition) is 5. The fourth-order valence-electron chi connectivity index (χ4n) is 3.39. The molecular weight excluding hydrogens is 394 g/mol. The summed E-state index contributed by atoms with van der Waals surface area (Å²) in [6, 6.07) is 8.83. The number of carbonyl (C=O) groups excluding carboxylic acids is 1. The van der Waals surface area contributed by atoms with Crippen molar-refractivity contribution in [3.63, 3.8) is 0 Å². The number of non-ortho nitro benzene ring substituents is 1. The van der Waals surface area contributed by atoms with Gasteiger partial charge in [-0.25, -0.2) is 8.42 Å². The summed E-state index contributed by atoms with van der Waals surface area (Å²) in [7, 11) is -4.00. The van der Waals surface area contributed by atoms with E-state index in [2.05, 4.69) is 11.6 Å². The molecule has 1 N–H and O–H groups in total. The molecule has 0 spiro atoms. The maximum absolute atomic E-state index is 12.8. The fraction of sp³-hybridized carbons (Fsp3) is 0.350. The molecule has 0 unspecified atom stereocenters. The van der Waals surface area contributed by atoms with E-state index in [9.17, 15) is 23.3 Å². The minimum Gasteiger partial charge on any atom is -0.312 e. The average molecular weight is 417 g/mol. The molecule has 0 aliphatic carbocycles. The minimum atomic E-state index is -4.00. The van der Waals surface area contributed by atoms with Crippen LogP contribution in [0.2, 0.25) is 0 Å². The van der Waals surface area contributed by atoms with E-state index in [1.165, 1.54) is 12.1 Å². The molecule has 2 aromatic carbocycles. The van der Waals surface area contributed by atoms with E-state index in [1.54, 1.807) is 30.0 Å². The van der Waals surface area contributed by atoms with Crippen molar-refractivity contribution in [1.29, 1.82) is 0 Å². The molecule has 0 bridgehead atoms. The molecule has 0 radical (unpaired) electrons. The zero-order chi connectivity index (χ0) is 21.2. The quantitative estimate of drug-likeness (QED) is 0.544. The molecule has 3 rings (SSSR count). The molecule has 0 aromatic heterocycles. The largest absolute Gasteiger partial charge is 0.312 e. The van der Waals surface area contributed by atoms with Gasteiger partial charge in [-0.1, -0.05) is 19.4 Å². The van der Waals surface area contributed by atoms with Crippen LogP contribution >= 0.6 is 0 Å². The van der Waals surface area contributed by atoms with Gasteiger partial charge in [0, 0.05) is 36.5 Å². The van der Waals surface area contributed by atoms with Gasteiger partial charge in [0.25, 0.3) is 15.7 Å². The SMILES string of the molecule is CCCCN1C(=O)CCc2cc(NS(=O)(=O)c3cc([N+](=O)[O-])ccc3C)ccc21. The Morgan fingerprint density at radius 1 is 1.17 bits per heavy atom. The second-order valence-electron chi connectivity index (χ2n) is 7.05. The van der Waals surface area contributed by atoms with Gasteiger partial charge in [0.2, 0.25) is 5.91 Å². The number of anilines is 2. The number of nitro groups is 1. The van der Waals surface area contributed by atoms with Crippen LogP contribution in [-0.4, -0.2) is 25.8 Å². The lowest BCUT2D eigenvalue weighted by molar-refractivity contribution is -0.385. The Labute approximate surface area is 169 Å². The lowest BCUT2D eigenvalue weighted by Gasteiger charge is -2.30. The third kappa shape index (κ3) is 4.40. The predicted octanol–water partition coefficient (Wildman–Crippen LogP) is 3.78. The van der Waals surface area contributed by atoms with Crippen LogP contribution in [0.4, 0.5) is 17.1 Å². The Kier molecular flexibility index (Phi) is 5.88. The van der Waals surface area contributed by atoms with Gasteiger partial charge in [-0.05, 0) is 49.1 Å². The first kappa shape index (κ1) is 20.8. The Hall–Kier alpha value is -2.94.